The van der Waals surface area contributed by atoms with Gasteiger partial charge in [-0.15, -0.1) is 0 Å². The van der Waals surface area contributed by atoms with Gasteiger partial charge in [0.25, 0.3) is 11.8 Å². The third-order valence-electron chi connectivity index (χ3n) is 5.65. The van der Waals surface area contributed by atoms with Crippen molar-refractivity contribution in [1.82, 2.24) is 5.32 Å². The molecule has 172 valence electrons. The molecule has 0 aliphatic heterocycles. The Labute approximate surface area is 199 Å². The molecule has 0 saturated carbocycles. The van der Waals surface area contributed by atoms with Gasteiger partial charge in [-0.25, -0.2) is 0 Å². The molecule has 0 heterocycles. The van der Waals surface area contributed by atoms with Crippen LogP contribution in [-0.2, 0) is 11.2 Å². The molecule has 0 saturated heterocycles. The maximum absolute atomic E-state index is 13.1. The van der Waals surface area contributed by atoms with Crippen LogP contribution in [0.3, 0.4) is 0 Å². The van der Waals surface area contributed by atoms with Crippen LogP contribution in [0.1, 0.15) is 29.3 Å². The molecular weight excluding hydrogens is 424 g/mol. The number of hydrogen-bond donors (Lipinski definition) is 2. The number of para-hydroxylation sites is 1. The highest BCUT2D eigenvalue weighted by atomic mass is 16.5. The van der Waals surface area contributed by atoms with E-state index in [1.807, 2.05) is 79.7 Å². The SMILES string of the molecule is CC[C@H](Oc1cccc2ccccc12)C(=O)Nc1ccccc1C(=O)NCCc1ccccc1. The number of carbonyl (C=O) groups is 2. The molecule has 0 aliphatic rings. The van der Waals surface area contributed by atoms with E-state index in [9.17, 15) is 9.59 Å². The zero-order chi connectivity index (χ0) is 23.8. The van der Waals surface area contributed by atoms with E-state index in [0.29, 0.717) is 30.0 Å². The van der Waals surface area contributed by atoms with Gasteiger partial charge in [0.15, 0.2) is 6.10 Å². The van der Waals surface area contributed by atoms with Crippen molar-refractivity contribution in [3.05, 3.63) is 108 Å². The Hall–Kier alpha value is -4.12. The van der Waals surface area contributed by atoms with Gasteiger partial charge in [0.1, 0.15) is 5.75 Å². The van der Waals surface area contributed by atoms with Crippen LogP contribution < -0.4 is 15.4 Å². The van der Waals surface area contributed by atoms with Crippen molar-refractivity contribution in [2.75, 3.05) is 11.9 Å². The first-order chi connectivity index (χ1) is 16.7. The third kappa shape index (κ3) is 5.62. The molecule has 0 bridgehead atoms. The molecule has 0 aromatic heterocycles. The van der Waals surface area contributed by atoms with Gasteiger partial charge in [-0.3, -0.25) is 9.59 Å². The van der Waals surface area contributed by atoms with Crippen molar-refractivity contribution in [1.29, 1.82) is 0 Å². The van der Waals surface area contributed by atoms with E-state index in [4.69, 9.17) is 4.74 Å². The Balaban J connectivity index is 1.43. The maximum atomic E-state index is 13.1. The molecule has 4 rings (SSSR count). The minimum Gasteiger partial charge on any atom is -0.480 e. The van der Waals surface area contributed by atoms with Gasteiger partial charge in [0.05, 0.1) is 11.3 Å². The summed E-state index contributed by atoms with van der Waals surface area (Å²) < 4.78 is 6.11. The number of fused-ring (bicyclic) bond motifs is 1. The molecule has 2 N–H and O–H groups in total. The second-order valence-electron chi connectivity index (χ2n) is 8.02. The van der Waals surface area contributed by atoms with Crippen molar-refractivity contribution >= 4 is 28.3 Å². The predicted molar refractivity (Wildman–Crippen MR) is 136 cm³/mol. The van der Waals surface area contributed by atoms with Gasteiger partial charge in [0, 0.05) is 11.9 Å². The van der Waals surface area contributed by atoms with Gasteiger partial charge in [-0.1, -0.05) is 85.8 Å². The van der Waals surface area contributed by atoms with Crippen LogP contribution in [0.2, 0.25) is 0 Å². The minimum atomic E-state index is -0.694. The first kappa shape index (κ1) is 23.1. The topological polar surface area (TPSA) is 67.4 Å². The second-order valence-corrected chi connectivity index (χ2v) is 8.02. The molecule has 0 aliphatic carbocycles. The summed E-state index contributed by atoms with van der Waals surface area (Å²) in [4.78, 5) is 25.9. The number of benzene rings is 4. The lowest BCUT2D eigenvalue weighted by atomic mass is 10.1. The quantitative estimate of drug-likeness (QED) is 0.347. The van der Waals surface area contributed by atoms with Crippen molar-refractivity contribution in [3.8, 4) is 5.75 Å². The van der Waals surface area contributed by atoms with E-state index in [1.165, 1.54) is 0 Å². The molecule has 5 heteroatoms. The van der Waals surface area contributed by atoms with Crippen LogP contribution in [0.5, 0.6) is 5.75 Å². The molecule has 2 amide bonds. The third-order valence-corrected chi connectivity index (χ3v) is 5.65. The summed E-state index contributed by atoms with van der Waals surface area (Å²) in [6.07, 6.45) is 0.526. The lowest BCUT2D eigenvalue weighted by molar-refractivity contribution is -0.122. The second kappa shape index (κ2) is 11.1. The first-order valence-electron chi connectivity index (χ1n) is 11.5. The molecule has 0 radical (unpaired) electrons. The van der Waals surface area contributed by atoms with Crippen molar-refractivity contribution < 1.29 is 14.3 Å². The Morgan fingerprint density at radius 2 is 1.53 bits per heavy atom. The average molecular weight is 453 g/mol. The number of amides is 2. The summed E-state index contributed by atoms with van der Waals surface area (Å²) in [7, 11) is 0. The van der Waals surface area contributed by atoms with Gasteiger partial charge in [-0.2, -0.15) is 0 Å². The van der Waals surface area contributed by atoms with Crippen LogP contribution >= 0.6 is 0 Å². The van der Waals surface area contributed by atoms with Gasteiger partial charge in [-0.05, 0) is 42.0 Å². The average Bonchev–Trinajstić information content (AvgIpc) is 2.88. The number of ether oxygens (including phenoxy) is 1. The van der Waals surface area contributed by atoms with Gasteiger partial charge >= 0.3 is 0 Å². The summed E-state index contributed by atoms with van der Waals surface area (Å²) in [5.41, 5.74) is 2.04. The van der Waals surface area contributed by atoms with E-state index in [2.05, 4.69) is 10.6 Å². The Morgan fingerprint density at radius 1 is 0.824 bits per heavy atom. The van der Waals surface area contributed by atoms with Crippen molar-refractivity contribution in [3.63, 3.8) is 0 Å². The molecule has 4 aromatic rings. The highest BCUT2D eigenvalue weighted by molar-refractivity contribution is 6.04. The lowest BCUT2D eigenvalue weighted by Crippen LogP contribution is -2.33. The fourth-order valence-electron chi connectivity index (χ4n) is 3.84. The number of anilines is 1. The highest BCUT2D eigenvalue weighted by Gasteiger charge is 2.21. The summed E-state index contributed by atoms with van der Waals surface area (Å²) in [5, 5.41) is 7.84. The minimum absolute atomic E-state index is 0.227. The van der Waals surface area contributed by atoms with Crippen LogP contribution in [0, 0.1) is 0 Å². The molecule has 0 unspecified atom stereocenters. The molecule has 0 fully saturated rings. The smallest absolute Gasteiger partial charge is 0.265 e. The number of rotatable bonds is 9. The number of carbonyl (C=O) groups excluding carboxylic acids is 2. The first-order valence-corrected chi connectivity index (χ1v) is 11.5. The van der Waals surface area contributed by atoms with E-state index >= 15 is 0 Å². The summed E-state index contributed by atoms with van der Waals surface area (Å²) in [6.45, 7) is 2.41. The fraction of sp³-hybridized carbons (Fsp3) is 0.172. The normalized spacial score (nSPS) is 11.6. The Kier molecular flexibility index (Phi) is 7.56. The highest BCUT2D eigenvalue weighted by Crippen LogP contribution is 2.27. The van der Waals surface area contributed by atoms with Crippen LogP contribution in [0.15, 0.2) is 97.1 Å². The van der Waals surface area contributed by atoms with Crippen molar-refractivity contribution in [2.45, 2.75) is 25.9 Å². The van der Waals surface area contributed by atoms with Gasteiger partial charge < -0.3 is 15.4 Å². The lowest BCUT2D eigenvalue weighted by Gasteiger charge is -2.19. The largest absolute Gasteiger partial charge is 0.480 e. The Morgan fingerprint density at radius 3 is 2.35 bits per heavy atom. The molecule has 34 heavy (non-hydrogen) atoms. The van der Waals surface area contributed by atoms with Gasteiger partial charge in [0.2, 0.25) is 0 Å². The zero-order valence-corrected chi connectivity index (χ0v) is 19.2. The fourth-order valence-corrected chi connectivity index (χ4v) is 3.84. The maximum Gasteiger partial charge on any atom is 0.265 e. The van der Waals surface area contributed by atoms with E-state index in [0.717, 1.165) is 22.8 Å². The predicted octanol–water partition coefficient (Wildman–Crippen LogP) is 5.61. The van der Waals surface area contributed by atoms with E-state index in [-0.39, 0.29) is 11.8 Å². The number of hydrogen-bond acceptors (Lipinski definition) is 3. The zero-order valence-electron chi connectivity index (χ0n) is 19.2. The summed E-state index contributed by atoms with van der Waals surface area (Å²) in [6, 6.07) is 30.7. The summed E-state index contributed by atoms with van der Waals surface area (Å²) in [5.74, 6) is 0.141. The van der Waals surface area contributed by atoms with E-state index < -0.39 is 6.10 Å². The molecule has 5 nitrogen and oxygen atoms in total. The molecule has 1 atom stereocenters. The van der Waals surface area contributed by atoms with E-state index in [1.54, 1.807) is 24.3 Å². The number of nitrogens with one attached hydrogen (secondary N) is 2. The van der Waals surface area contributed by atoms with Crippen molar-refractivity contribution in [2.24, 2.45) is 0 Å². The molecule has 0 spiro atoms. The monoisotopic (exact) mass is 452 g/mol. The molecule has 4 aromatic carbocycles. The Bertz CT molecular complexity index is 1270. The standard InChI is InChI=1S/C29H28N2O3/c1-2-26(34-27-18-10-14-22-13-6-7-15-23(22)27)29(33)31-25-17-9-8-16-24(25)28(32)30-20-19-21-11-4-3-5-12-21/h3-18,26H,2,19-20H2,1H3,(H,30,32)(H,31,33)/t26-/m0/s1. The molecular formula is C29H28N2O3. The van der Waals surface area contributed by atoms with Crippen LogP contribution in [0.25, 0.3) is 10.8 Å². The van der Waals surface area contributed by atoms with Crippen LogP contribution in [0.4, 0.5) is 5.69 Å². The van der Waals surface area contributed by atoms with Crippen LogP contribution in [-0.4, -0.2) is 24.5 Å². The summed E-state index contributed by atoms with van der Waals surface area (Å²) >= 11 is 0.